The molecule has 0 saturated carbocycles. The standard InChI is InChI=1S/C24H23ClF3N3O3/c25-16-2-3-19-18(10-16)20(11-23(32)31(19)13-24(26,27)28)30(17-5-7-29-8-6-17)12-15-1-4-21-22(9-15)34-14-33-21/h1-4,9-11,17,29H,5-8,12-14H2. The Balaban J connectivity index is 1.64. The van der Waals surface area contributed by atoms with Gasteiger partial charge < -0.3 is 19.7 Å². The molecule has 0 spiro atoms. The smallest absolute Gasteiger partial charge is 0.406 e. The Kier molecular flexibility index (Phi) is 6.07. The molecule has 0 amide bonds. The molecule has 3 heterocycles. The maximum Gasteiger partial charge on any atom is 0.406 e. The van der Waals surface area contributed by atoms with Crippen LogP contribution in [0.1, 0.15) is 18.4 Å². The summed E-state index contributed by atoms with van der Waals surface area (Å²) >= 11 is 6.26. The zero-order valence-electron chi connectivity index (χ0n) is 18.2. The van der Waals surface area contributed by atoms with Crippen molar-refractivity contribution in [3.05, 3.63) is 63.4 Å². The van der Waals surface area contributed by atoms with Gasteiger partial charge in [0.05, 0.1) is 11.2 Å². The molecule has 5 rings (SSSR count). The molecule has 0 radical (unpaired) electrons. The largest absolute Gasteiger partial charge is 0.454 e. The average molecular weight is 494 g/mol. The molecule has 1 N–H and O–H groups in total. The Labute approximate surface area is 198 Å². The minimum Gasteiger partial charge on any atom is -0.454 e. The van der Waals surface area contributed by atoms with E-state index in [9.17, 15) is 18.0 Å². The molecule has 0 unspecified atom stereocenters. The second-order valence-corrected chi connectivity index (χ2v) is 8.96. The van der Waals surface area contributed by atoms with E-state index in [1.807, 2.05) is 18.2 Å². The van der Waals surface area contributed by atoms with E-state index in [1.165, 1.54) is 18.2 Å². The molecule has 2 aliphatic heterocycles. The van der Waals surface area contributed by atoms with Crippen LogP contribution in [0.25, 0.3) is 10.9 Å². The van der Waals surface area contributed by atoms with E-state index in [2.05, 4.69) is 10.2 Å². The van der Waals surface area contributed by atoms with Crippen LogP contribution in [0.5, 0.6) is 11.5 Å². The van der Waals surface area contributed by atoms with Gasteiger partial charge in [-0.2, -0.15) is 13.2 Å². The summed E-state index contributed by atoms with van der Waals surface area (Å²) in [5.74, 6) is 1.32. The summed E-state index contributed by atoms with van der Waals surface area (Å²) in [6, 6.07) is 11.7. The average Bonchev–Trinajstić information content (AvgIpc) is 3.27. The number of nitrogens with zero attached hydrogens (tertiary/aromatic N) is 2. The number of rotatable bonds is 5. The van der Waals surface area contributed by atoms with Crippen LogP contribution in [0.15, 0.2) is 47.3 Å². The maximum absolute atomic E-state index is 13.2. The number of halogens is 4. The summed E-state index contributed by atoms with van der Waals surface area (Å²) in [6.45, 7) is 0.876. The molecule has 10 heteroatoms. The molecule has 180 valence electrons. The Morgan fingerprint density at radius 1 is 1.06 bits per heavy atom. The van der Waals surface area contributed by atoms with Crippen molar-refractivity contribution in [2.45, 2.75) is 38.1 Å². The van der Waals surface area contributed by atoms with E-state index in [-0.39, 0.29) is 18.4 Å². The van der Waals surface area contributed by atoms with Crippen molar-refractivity contribution in [1.29, 1.82) is 0 Å². The first-order valence-corrected chi connectivity index (χ1v) is 11.4. The van der Waals surface area contributed by atoms with E-state index in [4.69, 9.17) is 21.1 Å². The minimum absolute atomic E-state index is 0.0896. The highest BCUT2D eigenvalue weighted by atomic mass is 35.5. The number of anilines is 1. The van der Waals surface area contributed by atoms with Gasteiger partial charge >= 0.3 is 6.18 Å². The Bertz CT molecular complexity index is 1270. The Morgan fingerprint density at radius 2 is 1.82 bits per heavy atom. The zero-order valence-corrected chi connectivity index (χ0v) is 19.0. The molecule has 3 aromatic rings. The summed E-state index contributed by atoms with van der Waals surface area (Å²) in [5, 5.41) is 4.23. The molecule has 1 aromatic heterocycles. The summed E-state index contributed by atoms with van der Waals surface area (Å²) in [7, 11) is 0. The van der Waals surface area contributed by atoms with Gasteiger partial charge in [0, 0.05) is 29.1 Å². The monoisotopic (exact) mass is 493 g/mol. The summed E-state index contributed by atoms with van der Waals surface area (Å²) in [5.41, 5.74) is 1.02. The number of fused-ring (bicyclic) bond motifs is 2. The van der Waals surface area contributed by atoms with Gasteiger partial charge in [-0.05, 0) is 61.8 Å². The number of piperidine rings is 1. The van der Waals surface area contributed by atoms with Crippen LogP contribution < -0.4 is 25.2 Å². The van der Waals surface area contributed by atoms with Crippen molar-refractivity contribution in [3.63, 3.8) is 0 Å². The number of nitrogens with one attached hydrogen (secondary N) is 1. The van der Waals surface area contributed by atoms with Crippen LogP contribution in [-0.2, 0) is 13.1 Å². The molecular weight excluding hydrogens is 471 g/mol. The highest BCUT2D eigenvalue weighted by Gasteiger charge is 2.31. The second kappa shape index (κ2) is 9.03. The van der Waals surface area contributed by atoms with Gasteiger partial charge in [-0.25, -0.2) is 0 Å². The molecule has 2 aromatic carbocycles. The summed E-state index contributed by atoms with van der Waals surface area (Å²) in [6.07, 6.45) is -2.87. The first-order chi connectivity index (χ1) is 16.3. The van der Waals surface area contributed by atoms with Crippen molar-refractivity contribution in [3.8, 4) is 11.5 Å². The molecule has 0 aliphatic carbocycles. The normalized spacial score (nSPS) is 16.2. The molecule has 6 nitrogen and oxygen atoms in total. The number of hydrogen-bond acceptors (Lipinski definition) is 5. The lowest BCUT2D eigenvalue weighted by Crippen LogP contribution is -2.43. The molecule has 1 saturated heterocycles. The van der Waals surface area contributed by atoms with Gasteiger partial charge in [-0.1, -0.05) is 17.7 Å². The second-order valence-electron chi connectivity index (χ2n) is 8.53. The Morgan fingerprint density at radius 3 is 2.59 bits per heavy atom. The third kappa shape index (κ3) is 4.67. The van der Waals surface area contributed by atoms with E-state index < -0.39 is 18.3 Å². The number of aromatic nitrogens is 1. The first kappa shape index (κ1) is 22.9. The van der Waals surface area contributed by atoms with Crippen LogP contribution in [-0.4, -0.2) is 36.7 Å². The van der Waals surface area contributed by atoms with Gasteiger partial charge in [-0.3, -0.25) is 9.36 Å². The quantitative estimate of drug-likeness (QED) is 0.558. The number of ether oxygens (including phenoxy) is 2. The van der Waals surface area contributed by atoms with Crippen LogP contribution in [0, 0.1) is 0 Å². The maximum atomic E-state index is 13.2. The third-order valence-corrected chi connectivity index (χ3v) is 6.47. The Hall–Kier alpha value is -2.91. The number of pyridine rings is 1. The predicted octanol–water partition coefficient (Wildman–Crippen LogP) is 4.70. The van der Waals surface area contributed by atoms with Crippen molar-refractivity contribution in [2.75, 3.05) is 24.8 Å². The molecule has 1 fully saturated rings. The summed E-state index contributed by atoms with van der Waals surface area (Å²) < 4.78 is 51.4. The lowest BCUT2D eigenvalue weighted by atomic mass is 10.0. The van der Waals surface area contributed by atoms with Crippen molar-refractivity contribution < 1.29 is 22.6 Å². The van der Waals surface area contributed by atoms with E-state index >= 15 is 0 Å². The molecule has 0 bridgehead atoms. The molecule has 2 aliphatic rings. The molecule has 34 heavy (non-hydrogen) atoms. The lowest BCUT2D eigenvalue weighted by Gasteiger charge is -2.37. The van der Waals surface area contributed by atoms with Gasteiger partial charge in [-0.15, -0.1) is 0 Å². The highest BCUT2D eigenvalue weighted by Crippen LogP contribution is 2.36. The SMILES string of the molecule is O=c1cc(N(Cc2ccc3c(c2)OCO3)C2CCNCC2)c2cc(Cl)ccc2n1CC(F)(F)F. The van der Waals surface area contributed by atoms with Crippen molar-refractivity contribution in [2.24, 2.45) is 0 Å². The van der Waals surface area contributed by atoms with Gasteiger partial charge in [0.15, 0.2) is 11.5 Å². The minimum atomic E-state index is -4.53. The number of hydrogen-bond donors (Lipinski definition) is 1. The van der Waals surface area contributed by atoms with Crippen molar-refractivity contribution in [1.82, 2.24) is 9.88 Å². The summed E-state index contributed by atoms with van der Waals surface area (Å²) in [4.78, 5) is 15.1. The topological polar surface area (TPSA) is 55.7 Å². The molecule has 0 atom stereocenters. The van der Waals surface area contributed by atoms with Crippen molar-refractivity contribution >= 4 is 28.2 Å². The highest BCUT2D eigenvalue weighted by molar-refractivity contribution is 6.31. The van der Waals surface area contributed by atoms with Crippen LogP contribution in [0.2, 0.25) is 5.02 Å². The zero-order chi connectivity index (χ0) is 23.9. The van der Waals surface area contributed by atoms with Crippen LogP contribution in [0.3, 0.4) is 0 Å². The fourth-order valence-corrected chi connectivity index (χ4v) is 4.86. The van der Waals surface area contributed by atoms with E-state index in [1.54, 1.807) is 6.07 Å². The van der Waals surface area contributed by atoms with Crippen LogP contribution in [0.4, 0.5) is 18.9 Å². The third-order valence-electron chi connectivity index (χ3n) is 6.24. The lowest BCUT2D eigenvalue weighted by molar-refractivity contribution is -0.140. The van der Waals surface area contributed by atoms with E-state index in [0.29, 0.717) is 34.1 Å². The van der Waals surface area contributed by atoms with Crippen LogP contribution >= 0.6 is 11.6 Å². The number of benzene rings is 2. The fraction of sp³-hybridized carbons (Fsp3) is 0.375. The predicted molar refractivity (Wildman–Crippen MR) is 124 cm³/mol. The first-order valence-electron chi connectivity index (χ1n) is 11.0. The van der Waals surface area contributed by atoms with Gasteiger partial charge in [0.2, 0.25) is 6.79 Å². The fourth-order valence-electron chi connectivity index (χ4n) is 4.69. The van der Waals surface area contributed by atoms with E-state index in [0.717, 1.165) is 36.1 Å². The van der Waals surface area contributed by atoms with Gasteiger partial charge in [0.25, 0.3) is 5.56 Å². The van der Waals surface area contributed by atoms with Gasteiger partial charge in [0.1, 0.15) is 6.54 Å². The number of alkyl halides is 3. The molecular formula is C24H23ClF3N3O3.